The molecule has 0 atom stereocenters. The third-order valence-electron chi connectivity index (χ3n) is 0.527. The van der Waals surface area contributed by atoms with Gasteiger partial charge in [-0.15, -0.1) is 0 Å². The molecular weight excluding hydrogens is 190 g/mol. The van der Waals surface area contributed by atoms with Gasteiger partial charge in [-0.2, -0.15) is 0 Å². The van der Waals surface area contributed by atoms with E-state index >= 15 is 0 Å². The van der Waals surface area contributed by atoms with Gasteiger partial charge in [0.05, 0.1) is 0 Å². The van der Waals surface area contributed by atoms with Crippen LogP contribution in [-0.4, -0.2) is 72.2 Å². The van der Waals surface area contributed by atoms with Crippen molar-refractivity contribution in [3.8, 4) is 0 Å². The van der Waals surface area contributed by atoms with Gasteiger partial charge in [0.15, 0.2) is 0 Å². The van der Waals surface area contributed by atoms with E-state index < -0.39 is 24.2 Å². The van der Waals surface area contributed by atoms with Gasteiger partial charge in [0.2, 0.25) is 0 Å². The van der Waals surface area contributed by atoms with E-state index in [1.54, 1.807) is 0 Å². The second kappa shape index (κ2) is 8.66. The molecule has 0 aliphatic heterocycles. The first-order valence-electron chi connectivity index (χ1n) is 2.33. The van der Waals surface area contributed by atoms with Crippen LogP contribution in [0.15, 0.2) is 0 Å². The van der Waals surface area contributed by atoms with Gasteiger partial charge in [0.25, 0.3) is 0 Å². The summed E-state index contributed by atoms with van der Waals surface area (Å²) < 4.78 is 6.51. The van der Waals surface area contributed by atoms with Gasteiger partial charge in [-0.1, -0.05) is 0 Å². The number of carbonyl (C=O) groups is 4. The Balaban J connectivity index is -0.000000605. The third-order valence-corrected chi connectivity index (χ3v) is 0.527. The zero-order valence-corrected chi connectivity index (χ0v) is 5.34. The van der Waals surface area contributed by atoms with Gasteiger partial charge in [-0.25, -0.2) is 19.2 Å². The Bertz CT molecular complexity index is 222. The van der Waals surface area contributed by atoms with Crippen molar-refractivity contribution in [2.24, 2.45) is 0 Å². The van der Waals surface area contributed by atoms with Crippen LogP contribution in [0.3, 0.4) is 0 Å². The number of carboxylic acid groups (broad SMARTS) is 2. The maximum atomic E-state index is 10.1. The standard InChI is InChI=1S/C4H2O8.2Li.2H/c5-1(11-3(7)8)2(6)12-4(9)10;;;;/h(H,7,8)(H,9,10);;;;. The first kappa shape index (κ1) is 18.8. The molecule has 0 unspecified atom stereocenters. The molecule has 0 saturated carbocycles. The number of ether oxygens (including phenoxy) is 2. The van der Waals surface area contributed by atoms with E-state index in [2.05, 4.69) is 9.47 Å². The van der Waals surface area contributed by atoms with Crippen molar-refractivity contribution < 1.29 is 38.9 Å². The minimum absolute atomic E-state index is 0. The summed E-state index contributed by atoms with van der Waals surface area (Å²) in [4.78, 5) is 39.5. The molecule has 0 spiro atoms. The topological polar surface area (TPSA) is 127 Å². The summed E-state index contributed by atoms with van der Waals surface area (Å²) in [5.41, 5.74) is 0. The fourth-order valence-corrected chi connectivity index (χ4v) is 0.242. The molecule has 0 amide bonds. The van der Waals surface area contributed by atoms with Gasteiger partial charge >= 0.3 is 62.0 Å². The van der Waals surface area contributed by atoms with Crippen LogP contribution in [0.5, 0.6) is 0 Å². The Morgan fingerprint density at radius 1 is 0.714 bits per heavy atom. The molecule has 0 radical (unpaired) electrons. The summed E-state index contributed by atoms with van der Waals surface area (Å²) in [5, 5.41) is 15.5. The first-order chi connectivity index (χ1) is 5.43. The van der Waals surface area contributed by atoms with Gasteiger partial charge in [0.1, 0.15) is 0 Å². The minimum atomic E-state index is -2.03. The van der Waals surface area contributed by atoms with Crippen LogP contribution in [0.4, 0.5) is 9.59 Å². The molecule has 0 fully saturated rings. The van der Waals surface area contributed by atoms with Crippen LogP contribution in [0.25, 0.3) is 0 Å². The van der Waals surface area contributed by atoms with Crippen LogP contribution < -0.4 is 0 Å². The Hall–Kier alpha value is -0.925. The first-order valence-corrected chi connectivity index (χ1v) is 2.33. The molecule has 0 aromatic carbocycles. The van der Waals surface area contributed by atoms with Gasteiger partial charge < -0.3 is 19.7 Å². The van der Waals surface area contributed by atoms with Crippen molar-refractivity contribution in [2.75, 3.05) is 0 Å². The summed E-state index contributed by atoms with van der Waals surface area (Å²) in [6, 6.07) is 0. The van der Waals surface area contributed by atoms with Crippen molar-refractivity contribution in [1.82, 2.24) is 0 Å². The molecule has 0 heterocycles. The van der Waals surface area contributed by atoms with E-state index in [-0.39, 0.29) is 37.7 Å². The van der Waals surface area contributed by atoms with Crippen molar-refractivity contribution in [2.45, 2.75) is 0 Å². The van der Waals surface area contributed by atoms with Crippen molar-refractivity contribution in [3.05, 3.63) is 0 Å². The van der Waals surface area contributed by atoms with Gasteiger partial charge in [-0.3, -0.25) is 0 Å². The van der Waals surface area contributed by atoms with Gasteiger partial charge in [0, 0.05) is 0 Å². The Morgan fingerprint density at radius 2 is 0.929 bits per heavy atom. The average Bonchev–Trinajstić information content (AvgIpc) is 1.84. The number of carbonyl (C=O) groups excluding carboxylic acids is 2. The molecule has 0 aromatic rings. The van der Waals surface area contributed by atoms with E-state index in [0.717, 1.165) is 0 Å². The molecule has 70 valence electrons. The second-order valence-electron chi connectivity index (χ2n) is 1.31. The molecule has 0 aromatic heterocycles. The van der Waals surface area contributed by atoms with Crippen molar-refractivity contribution in [3.63, 3.8) is 0 Å². The Labute approximate surface area is 101 Å². The average molecular weight is 194 g/mol. The van der Waals surface area contributed by atoms with Crippen molar-refractivity contribution >= 4 is 62.0 Å². The van der Waals surface area contributed by atoms with Crippen LogP contribution in [0, 0.1) is 0 Å². The maximum absolute atomic E-state index is 10.1. The number of esters is 2. The van der Waals surface area contributed by atoms with Crippen molar-refractivity contribution in [1.29, 1.82) is 0 Å². The van der Waals surface area contributed by atoms with E-state index in [1.807, 2.05) is 0 Å². The van der Waals surface area contributed by atoms with E-state index in [9.17, 15) is 19.2 Å². The molecule has 0 rings (SSSR count). The molecule has 10 heteroatoms. The Morgan fingerprint density at radius 3 is 1.07 bits per heavy atom. The summed E-state index contributed by atoms with van der Waals surface area (Å²) in [6.07, 6.45) is -4.05. The molecular formula is C4H4Li2O8. The summed E-state index contributed by atoms with van der Waals surface area (Å²) in [7, 11) is 0. The predicted octanol–water partition coefficient (Wildman–Crippen LogP) is -1.87. The summed E-state index contributed by atoms with van der Waals surface area (Å²) in [6.45, 7) is 0. The van der Waals surface area contributed by atoms with Gasteiger partial charge in [-0.05, 0) is 0 Å². The fraction of sp³-hybridized carbons (Fsp3) is 0. The van der Waals surface area contributed by atoms with E-state index in [4.69, 9.17) is 10.2 Å². The molecule has 0 bridgehead atoms. The Kier molecular flexibility index (Phi) is 11.6. The molecule has 0 saturated heterocycles. The zero-order chi connectivity index (χ0) is 9.72. The molecule has 0 aliphatic carbocycles. The number of rotatable bonds is 0. The third kappa shape index (κ3) is 9.17. The van der Waals surface area contributed by atoms with E-state index in [1.165, 1.54) is 0 Å². The molecule has 2 N–H and O–H groups in total. The summed E-state index contributed by atoms with van der Waals surface area (Å²) in [5.74, 6) is -3.82. The SMILES string of the molecule is O=C(O)OC(=O)C(=O)OC(=O)O.[LiH].[LiH]. The normalized spacial score (nSPS) is 7.14. The quantitative estimate of drug-likeness (QED) is 0.198. The molecule has 8 nitrogen and oxygen atoms in total. The van der Waals surface area contributed by atoms with E-state index in [0.29, 0.717) is 0 Å². The van der Waals surface area contributed by atoms with Crippen LogP contribution in [0.1, 0.15) is 0 Å². The monoisotopic (exact) mass is 194 g/mol. The number of hydrogen-bond donors (Lipinski definition) is 2. The second-order valence-corrected chi connectivity index (χ2v) is 1.31. The van der Waals surface area contributed by atoms with Crippen LogP contribution in [-0.2, 0) is 19.1 Å². The molecule has 14 heavy (non-hydrogen) atoms. The fourth-order valence-electron chi connectivity index (χ4n) is 0.242. The predicted molar refractivity (Wildman–Crippen MR) is 42.5 cm³/mol. The summed E-state index contributed by atoms with van der Waals surface area (Å²) >= 11 is 0. The number of hydrogen-bond acceptors (Lipinski definition) is 6. The molecule has 0 aliphatic rings. The van der Waals surface area contributed by atoms with Crippen LogP contribution >= 0.6 is 0 Å². The zero-order valence-electron chi connectivity index (χ0n) is 5.34. The van der Waals surface area contributed by atoms with Crippen LogP contribution in [0.2, 0.25) is 0 Å².